The number of amides is 1. The number of rotatable bonds is 5. The Morgan fingerprint density at radius 1 is 1.45 bits per heavy atom. The maximum absolute atomic E-state index is 12.3. The lowest BCUT2D eigenvalue weighted by Crippen LogP contribution is -2.35. The Bertz CT molecular complexity index is 482. The summed E-state index contributed by atoms with van der Waals surface area (Å²) in [4.78, 5) is 12.3. The lowest BCUT2D eigenvalue weighted by Gasteiger charge is -2.22. The fourth-order valence-corrected chi connectivity index (χ4v) is 2.32. The van der Waals surface area contributed by atoms with Crippen LogP contribution in [0, 0.1) is 5.41 Å². The molecule has 1 amide bonds. The predicted octanol–water partition coefficient (Wildman–Crippen LogP) is 2.03. The largest absolute Gasteiger partial charge is 0.493 e. The molecule has 5 nitrogen and oxygen atoms in total. The SMILES string of the molecule is CCOc1cc(NC(=O)C2(C)CCNC2)ccc1OC. The smallest absolute Gasteiger partial charge is 0.231 e. The van der Waals surface area contributed by atoms with Gasteiger partial charge in [0.1, 0.15) is 0 Å². The first-order chi connectivity index (χ1) is 9.59. The molecule has 0 aromatic heterocycles. The van der Waals surface area contributed by atoms with Crippen molar-refractivity contribution in [3.05, 3.63) is 18.2 Å². The van der Waals surface area contributed by atoms with Gasteiger partial charge in [-0.15, -0.1) is 0 Å². The van der Waals surface area contributed by atoms with E-state index < -0.39 is 0 Å². The number of hydrogen-bond acceptors (Lipinski definition) is 4. The maximum Gasteiger partial charge on any atom is 0.231 e. The van der Waals surface area contributed by atoms with Gasteiger partial charge in [0.25, 0.3) is 0 Å². The summed E-state index contributed by atoms with van der Waals surface area (Å²) in [5, 5.41) is 6.18. The fourth-order valence-electron chi connectivity index (χ4n) is 2.32. The molecule has 2 N–H and O–H groups in total. The fraction of sp³-hybridized carbons (Fsp3) is 0.533. The van der Waals surface area contributed by atoms with Crippen molar-refractivity contribution in [3.63, 3.8) is 0 Å². The van der Waals surface area contributed by atoms with Gasteiger partial charge >= 0.3 is 0 Å². The summed E-state index contributed by atoms with van der Waals surface area (Å²) < 4.78 is 10.7. The van der Waals surface area contributed by atoms with Gasteiger partial charge in [-0.3, -0.25) is 4.79 Å². The normalized spacial score (nSPS) is 21.6. The van der Waals surface area contributed by atoms with Gasteiger partial charge in [-0.25, -0.2) is 0 Å². The first-order valence-corrected chi connectivity index (χ1v) is 6.92. The Morgan fingerprint density at radius 3 is 2.85 bits per heavy atom. The predicted molar refractivity (Wildman–Crippen MR) is 78.4 cm³/mol. The molecular weight excluding hydrogens is 256 g/mol. The van der Waals surface area contributed by atoms with Crippen molar-refractivity contribution in [2.75, 3.05) is 32.1 Å². The summed E-state index contributed by atoms with van der Waals surface area (Å²) in [6.07, 6.45) is 0.854. The van der Waals surface area contributed by atoms with Crippen LogP contribution in [0.5, 0.6) is 11.5 Å². The molecule has 1 unspecified atom stereocenters. The van der Waals surface area contributed by atoms with E-state index in [-0.39, 0.29) is 11.3 Å². The first-order valence-electron chi connectivity index (χ1n) is 6.92. The second kappa shape index (κ2) is 6.13. The molecule has 2 rings (SSSR count). The second-order valence-corrected chi connectivity index (χ2v) is 5.24. The highest BCUT2D eigenvalue weighted by atomic mass is 16.5. The molecular formula is C15H22N2O3. The maximum atomic E-state index is 12.3. The van der Waals surface area contributed by atoms with Crippen LogP contribution in [-0.2, 0) is 4.79 Å². The summed E-state index contributed by atoms with van der Waals surface area (Å²) in [6, 6.07) is 5.42. The zero-order valence-corrected chi connectivity index (χ0v) is 12.3. The van der Waals surface area contributed by atoms with Crippen LogP contribution in [0.3, 0.4) is 0 Å². The average molecular weight is 278 g/mol. The van der Waals surface area contributed by atoms with Crippen LogP contribution in [0.2, 0.25) is 0 Å². The third kappa shape index (κ3) is 3.04. The number of hydrogen-bond donors (Lipinski definition) is 2. The van der Waals surface area contributed by atoms with Crippen LogP contribution >= 0.6 is 0 Å². The van der Waals surface area contributed by atoms with Gasteiger partial charge in [-0.05, 0) is 38.9 Å². The zero-order valence-electron chi connectivity index (χ0n) is 12.3. The van der Waals surface area contributed by atoms with Crippen molar-refractivity contribution in [1.29, 1.82) is 0 Å². The molecule has 0 bridgehead atoms. The first kappa shape index (κ1) is 14.7. The third-order valence-electron chi connectivity index (χ3n) is 3.64. The molecule has 1 aromatic rings. The van der Waals surface area contributed by atoms with Crippen LogP contribution in [-0.4, -0.2) is 32.7 Å². The number of nitrogens with one attached hydrogen (secondary N) is 2. The average Bonchev–Trinajstić information content (AvgIpc) is 2.88. The highest BCUT2D eigenvalue weighted by Crippen LogP contribution is 2.32. The van der Waals surface area contributed by atoms with Crippen LogP contribution in [0.15, 0.2) is 18.2 Å². The summed E-state index contributed by atoms with van der Waals surface area (Å²) in [5.74, 6) is 1.34. The van der Waals surface area contributed by atoms with E-state index in [9.17, 15) is 4.79 Å². The van der Waals surface area contributed by atoms with Gasteiger partial charge in [0, 0.05) is 18.3 Å². The van der Waals surface area contributed by atoms with E-state index in [1.807, 2.05) is 19.9 Å². The van der Waals surface area contributed by atoms with E-state index in [1.54, 1.807) is 19.2 Å². The van der Waals surface area contributed by atoms with Gasteiger partial charge in [0.2, 0.25) is 5.91 Å². The summed E-state index contributed by atoms with van der Waals surface area (Å²) in [5.41, 5.74) is 0.387. The number of ether oxygens (including phenoxy) is 2. The summed E-state index contributed by atoms with van der Waals surface area (Å²) in [6.45, 7) is 6.05. The van der Waals surface area contributed by atoms with Crippen molar-refractivity contribution >= 4 is 11.6 Å². The Hall–Kier alpha value is -1.75. The Labute approximate surface area is 119 Å². The molecule has 0 aliphatic carbocycles. The molecule has 1 aromatic carbocycles. The summed E-state index contributed by atoms with van der Waals surface area (Å²) >= 11 is 0. The number of methoxy groups -OCH3 is 1. The Balaban J connectivity index is 2.13. The Kier molecular flexibility index (Phi) is 4.49. The van der Waals surface area contributed by atoms with Crippen molar-refractivity contribution in [2.45, 2.75) is 20.3 Å². The quantitative estimate of drug-likeness (QED) is 0.865. The van der Waals surface area contributed by atoms with Crippen molar-refractivity contribution in [3.8, 4) is 11.5 Å². The van der Waals surface area contributed by atoms with Crippen molar-refractivity contribution < 1.29 is 14.3 Å². The van der Waals surface area contributed by atoms with E-state index in [0.717, 1.165) is 18.7 Å². The van der Waals surface area contributed by atoms with Gasteiger partial charge in [0.15, 0.2) is 11.5 Å². The molecule has 1 fully saturated rings. The summed E-state index contributed by atoms with van der Waals surface area (Å²) in [7, 11) is 1.60. The molecule has 5 heteroatoms. The molecule has 0 saturated carbocycles. The highest BCUT2D eigenvalue weighted by molar-refractivity contribution is 5.95. The second-order valence-electron chi connectivity index (χ2n) is 5.24. The van der Waals surface area contributed by atoms with Gasteiger partial charge < -0.3 is 20.1 Å². The minimum absolute atomic E-state index is 0.0371. The standard InChI is InChI=1S/C15H22N2O3/c1-4-20-13-9-11(5-6-12(13)19-3)17-14(18)15(2)7-8-16-10-15/h5-6,9,16H,4,7-8,10H2,1-3H3,(H,17,18). The van der Waals surface area contributed by atoms with E-state index in [1.165, 1.54) is 0 Å². The van der Waals surface area contributed by atoms with Gasteiger partial charge in [0.05, 0.1) is 19.1 Å². The number of carbonyl (C=O) groups excluding carboxylic acids is 1. The van der Waals surface area contributed by atoms with Gasteiger partial charge in [-0.1, -0.05) is 0 Å². The van der Waals surface area contributed by atoms with Gasteiger partial charge in [-0.2, -0.15) is 0 Å². The minimum Gasteiger partial charge on any atom is -0.493 e. The molecule has 1 aliphatic rings. The lowest BCUT2D eigenvalue weighted by molar-refractivity contribution is -0.123. The molecule has 0 spiro atoms. The molecule has 1 atom stereocenters. The lowest BCUT2D eigenvalue weighted by atomic mass is 9.89. The zero-order chi connectivity index (χ0) is 14.6. The molecule has 20 heavy (non-hydrogen) atoms. The van der Waals surface area contributed by atoms with Crippen LogP contribution in [0.4, 0.5) is 5.69 Å². The number of anilines is 1. The number of benzene rings is 1. The molecule has 1 saturated heterocycles. The minimum atomic E-state index is -0.342. The third-order valence-corrected chi connectivity index (χ3v) is 3.64. The highest BCUT2D eigenvalue weighted by Gasteiger charge is 2.36. The van der Waals surface area contributed by atoms with Crippen LogP contribution in [0.1, 0.15) is 20.3 Å². The van der Waals surface area contributed by atoms with Crippen LogP contribution < -0.4 is 20.1 Å². The molecule has 1 aliphatic heterocycles. The van der Waals surface area contributed by atoms with Crippen molar-refractivity contribution in [2.24, 2.45) is 5.41 Å². The molecule has 1 heterocycles. The van der Waals surface area contributed by atoms with Crippen molar-refractivity contribution in [1.82, 2.24) is 5.32 Å². The van der Waals surface area contributed by atoms with E-state index in [2.05, 4.69) is 10.6 Å². The van der Waals surface area contributed by atoms with E-state index in [0.29, 0.717) is 24.7 Å². The molecule has 0 radical (unpaired) electrons. The van der Waals surface area contributed by atoms with Crippen LogP contribution in [0.25, 0.3) is 0 Å². The monoisotopic (exact) mass is 278 g/mol. The van der Waals surface area contributed by atoms with E-state index in [4.69, 9.17) is 9.47 Å². The topological polar surface area (TPSA) is 59.6 Å². The Morgan fingerprint density at radius 2 is 2.25 bits per heavy atom. The van der Waals surface area contributed by atoms with E-state index >= 15 is 0 Å². The molecule has 110 valence electrons. The number of carbonyl (C=O) groups is 1.